The maximum absolute atomic E-state index is 12.4. The van der Waals surface area contributed by atoms with Gasteiger partial charge in [0.25, 0.3) is 5.91 Å². The highest BCUT2D eigenvalue weighted by molar-refractivity contribution is 6.19. The number of nitrogens with one attached hydrogen (secondary N) is 2. The maximum Gasteiger partial charge on any atom is 0.267 e. The van der Waals surface area contributed by atoms with E-state index in [4.69, 9.17) is 16.3 Å². The standard InChI is InChI=1S/C22H17ClN4O2/c23-21(20-11-4-5-12-25-20)29-19-10-6-9-18(13-19)27-22(28)16(14-24)15-26-17-7-2-1-3-8-17/h1-13,15,21,26H,(H,27,28)/b16-15+. The van der Waals surface area contributed by atoms with Crippen molar-refractivity contribution in [3.63, 3.8) is 0 Å². The number of amides is 1. The molecule has 0 radical (unpaired) electrons. The molecule has 1 aromatic heterocycles. The fourth-order valence-electron chi connectivity index (χ4n) is 2.37. The minimum atomic E-state index is -0.771. The molecule has 1 heterocycles. The summed E-state index contributed by atoms with van der Waals surface area (Å²) in [6.45, 7) is 0. The van der Waals surface area contributed by atoms with E-state index in [1.54, 1.807) is 42.6 Å². The Morgan fingerprint density at radius 3 is 2.55 bits per heavy atom. The number of para-hydroxylation sites is 1. The van der Waals surface area contributed by atoms with Crippen molar-refractivity contribution in [2.45, 2.75) is 5.56 Å². The summed E-state index contributed by atoms with van der Waals surface area (Å²) < 4.78 is 5.67. The summed E-state index contributed by atoms with van der Waals surface area (Å²) in [6.07, 6.45) is 2.99. The molecule has 2 N–H and O–H groups in total. The largest absolute Gasteiger partial charge is 0.469 e. The summed E-state index contributed by atoms with van der Waals surface area (Å²) in [5, 5.41) is 14.9. The van der Waals surface area contributed by atoms with Crippen LogP contribution in [0.15, 0.2) is 90.8 Å². The molecule has 2 aromatic carbocycles. The van der Waals surface area contributed by atoms with Gasteiger partial charge >= 0.3 is 0 Å². The van der Waals surface area contributed by atoms with E-state index in [0.29, 0.717) is 17.1 Å². The average molecular weight is 405 g/mol. The fourth-order valence-corrected chi connectivity index (χ4v) is 2.61. The van der Waals surface area contributed by atoms with Crippen molar-refractivity contribution in [2.75, 3.05) is 10.6 Å². The minimum Gasteiger partial charge on any atom is -0.469 e. The highest BCUT2D eigenvalue weighted by Gasteiger charge is 2.13. The van der Waals surface area contributed by atoms with Crippen LogP contribution in [0.2, 0.25) is 0 Å². The van der Waals surface area contributed by atoms with Crippen molar-refractivity contribution in [1.29, 1.82) is 5.26 Å². The molecule has 0 spiro atoms. The molecule has 6 nitrogen and oxygen atoms in total. The van der Waals surface area contributed by atoms with Gasteiger partial charge in [-0.1, -0.05) is 41.9 Å². The summed E-state index contributed by atoms with van der Waals surface area (Å²) in [7, 11) is 0. The smallest absolute Gasteiger partial charge is 0.267 e. The van der Waals surface area contributed by atoms with Gasteiger partial charge in [0.1, 0.15) is 17.4 Å². The van der Waals surface area contributed by atoms with E-state index in [1.807, 2.05) is 42.5 Å². The first-order valence-electron chi connectivity index (χ1n) is 8.70. The Labute approximate surface area is 173 Å². The minimum absolute atomic E-state index is 0.0659. The first-order valence-corrected chi connectivity index (χ1v) is 9.14. The molecular weight excluding hydrogens is 388 g/mol. The highest BCUT2D eigenvalue weighted by Crippen LogP contribution is 2.26. The van der Waals surface area contributed by atoms with E-state index in [9.17, 15) is 10.1 Å². The second kappa shape index (κ2) is 9.93. The molecule has 1 unspecified atom stereocenters. The summed E-state index contributed by atoms with van der Waals surface area (Å²) in [4.78, 5) is 16.5. The number of hydrogen-bond donors (Lipinski definition) is 2. The summed E-state index contributed by atoms with van der Waals surface area (Å²) in [5.74, 6) is -0.0846. The predicted octanol–water partition coefficient (Wildman–Crippen LogP) is 4.86. The van der Waals surface area contributed by atoms with Gasteiger partial charge in [0.2, 0.25) is 5.56 Å². The Morgan fingerprint density at radius 2 is 1.83 bits per heavy atom. The number of benzene rings is 2. The van der Waals surface area contributed by atoms with Gasteiger partial charge < -0.3 is 15.4 Å². The quantitative estimate of drug-likeness (QED) is 0.333. The zero-order valence-electron chi connectivity index (χ0n) is 15.2. The van der Waals surface area contributed by atoms with Crippen molar-refractivity contribution >= 4 is 28.9 Å². The van der Waals surface area contributed by atoms with Crippen molar-refractivity contribution in [1.82, 2.24) is 4.98 Å². The fraction of sp³-hybridized carbons (Fsp3) is 0.0455. The second-order valence-electron chi connectivity index (χ2n) is 5.85. The zero-order valence-corrected chi connectivity index (χ0v) is 16.0. The average Bonchev–Trinajstić information content (AvgIpc) is 2.76. The predicted molar refractivity (Wildman–Crippen MR) is 112 cm³/mol. The molecule has 1 amide bonds. The molecule has 0 fully saturated rings. The normalized spacial score (nSPS) is 11.8. The summed E-state index contributed by atoms with van der Waals surface area (Å²) in [5.41, 5.74) is 0.977. The van der Waals surface area contributed by atoms with E-state index >= 15 is 0 Å². The molecule has 0 saturated carbocycles. The molecule has 0 aliphatic heterocycles. The molecule has 0 saturated heterocycles. The molecule has 0 aliphatic rings. The molecule has 0 bridgehead atoms. The third-order valence-electron chi connectivity index (χ3n) is 3.77. The lowest BCUT2D eigenvalue weighted by Crippen LogP contribution is -2.14. The lowest BCUT2D eigenvalue weighted by Gasteiger charge is -2.13. The number of pyridine rings is 1. The number of hydrogen-bond acceptors (Lipinski definition) is 5. The van der Waals surface area contributed by atoms with Gasteiger partial charge in [-0.25, -0.2) is 0 Å². The molecule has 144 valence electrons. The van der Waals surface area contributed by atoms with Crippen LogP contribution >= 0.6 is 11.6 Å². The molecule has 0 aliphatic carbocycles. The number of aromatic nitrogens is 1. The van der Waals surface area contributed by atoms with Gasteiger partial charge in [-0.3, -0.25) is 9.78 Å². The van der Waals surface area contributed by atoms with Gasteiger partial charge in [-0.2, -0.15) is 5.26 Å². The molecule has 1 atom stereocenters. The van der Waals surface area contributed by atoms with Gasteiger partial charge in [0.05, 0.1) is 5.69 Å². The third kappa shape index (κ3) is 5.83. The zero-order chi connectivity index (χ0) is 20.5. The molecule has 3 aromatic rings. The maximum atomic E-state index is 12.4. The number of nitrogens with zero attached hydrogens (tertiary/aromatic N) is 2. The molecule has 3 rings (SSSR count). The number of anilines is 2. The number of nitriles is 1. The van der Waals surface area contributed by atoms with E-state index in [2.05, 4.69) is 15.6 Å². The first-order chi connectivity index (χ1) is 14.2. The topological polar surface area (TPSA) is 87.0 Å². The highest BCUT2D eigenvalue weighted by atomic mass is 35.5. The van der Waals surface area contributed by atoms with E-state index in [-0.39, 0.29) is 5.57 Å². The van der Waals surface area contributed by atoms with Crippen molar-refractivity contribution < 1.29 is 9.53 Å². The Bertz CT molecular complexity index is 1030. The van der Waals surface area contributed by atoms with E-state index in [0.717, 1.165) is 5.69 Å². The molecule has 29 heavy (non-hydrogen) atoms. The molecular formula is C22H17ClN4O2. The van der Waals surface area contributed by atoms with Crippen LogP contribution in [-0.4, -0.2) is 10.9 Å². The van der Waals surface area contributed by atoms with E-state index in [1.165, 1.54) is 6.20 Å². The monoisotopic (exact) mass is 404 g/mol. The number of alkyl halides is 1. The Hall–Kier alpha value is -3.82. The Morgan fingerprint density at radius 1 is 1.07 bits per heavy atom. The van der Waals surface area contributed by atoms with Crippen molar-refractivity contribution in [3.8, 4) is 11.8 Å². The van der Waals surface area contributed by atoms with Crippen LogP contribution in [0.5, 0.6) is 5.75 Å². The van der Waals surface area contributed by atoms with Crippen LogP contribution in [-0.2, 0) is 4.79 Å². The summed E-state index contributed by atoms with van der Waals surface area (Å²) in [6, 6.07) is 23.2. The van der Waals surface area contributed by atoms with Crippen LogP contribution in [0.25, 0.3) is 0 Å². The summed E-state index contributed by atoms with van der Waals surface area (Å²) >= 11 is 6.24. The Balaban J connectivity index is 1.65. The number of carbonyl (C=O) groups is 1. The van der Waals surface area contributed by atoms with Gasteiger partial charge in [0, 0.05) is 29.8 Å². The number of ether oxygens (including phenoxy) is 1. The molecule has 7 heteroatoms. The Kier molecular flexibility index (Phi) is 6.82. The number of rotatable bonds is 7. The number of carbonyl (C=O) groups excluding carboxylic acids is 1. The lowest BCUT2D eigenvalue weighted by molar-refractivity contribution is -0.112. The van der Waals surface area contributed by atoms with Gasteiger partial charge in [-0.15, -0.1) is 0 Å². The lowest BCUT2D eigenvalue weighted by atomic mass is 10.2. The van der Waals surface area contributed by atoms with Crippen LogP contribution in [0.4, 0.5) is 11.4 Å². The van der Waals surface area contributed by atoms with Crippen molar-refractivity contribution in [3.05, 3.63) is 96.5 Å². The van der Waals surface area contributed by atoms with Gasteiger partial charge in [-0.05, 0) is 36.4 Å². The number of halogens is 1. The van der Waals surface area contributed by atoms with E-state index < -0.39 is 11.5 Å². The third-order valence-corrected chi connectivity index (χ3v) is 4.09. The van der Waals surface area contributed by atoms with Gasteiger partial charge in [0.15, 0.2) is 0 Å². The second-order valence-corrected chi connectivity index (χ2v) is 6.25. The van der Waals surface area contributed by atoms with Crippen molar-refractivity contribution in [2.24, 2.45) is 0 Å². The van der Waals surface area contributed by atoms with Crippen LogP contribution < -0.4 is 15.4 Å². The first kappa shape index (κ1) is 19.9. The van der Waals surface area contributed by atoms with Crippen LogP contribution in [0.1, 0.15) is 11.3 Å². The van der Waals surface area contributed by atoms with Crippen LogP contribution in [0.3, 0.4) is 0 Å². The SMILES string of the molecule is N#C/C(=C\Nc1ccccc1)C(=O)Nc1cccc(OC(Cl)c2ccccn2)c1. The van der Waals surface area contributed by atoms with Crippen LogP contribution in [0, 0.1) is 11.3 Å².